The van der Waals surface area contributed by atoms with Crippen molar-refractivity contribution < 1.29 is 14.7 Å². The first-order chi connectivity index (χ1) is 15.3. The Balaban J connectivity index is 1.30. The van der Waals surface area contributed by atoms with Gasteiger partial charge in [0.25, 0.3) is 0 Å². The van der Waals surface area contributed by atoms with Crippen molar-refractivity contribution in [2.75, 3.05) is 13.2 Å². The van der Waals surface area contributed by atoms with Gasteiger partial charge in [-0.2, -0.15) is 0 Å². The van der Waals surface area contributed by atoms with Crippen molar-refractivity contribution in [1.82, 2.24) is 9.13 Å². The van der Waals surface area contributed by atoms with Crippen molar-refractivity contribution in [1.29, 1.82) is 0 Å². The van der Waals surface area contributed by atoms with Crippen LogP contribution in [0.1, 0.15) is 11.1 Å². The van der Waals surface area contributed by atoms with E-state index in [1.54, 1.807) is 0 Å². The molecule has 2 aromatic heterocycles. The van der Waals surface area contributed by atoms with Crippen LogP contribution in [-0.4, -0.2) is 33.3 Å². The van der Waals surface area contributed by atoms with Crippen molar-refractivity contribution >= 4 is 5.71 Å². The van der Waals surface area contributed by atoms with E-state index in [1.807, 2.05) is 85.5 Å². The van der Waals surface area contributed by atoms with E-state index in [1.165, 1.54) is 0 Å². The van der Waals surface area contributed by atoms with Gasteiger partial charge in [-0.3, -0.25) is 0 Å². The van der Waals surface area contributed by atoms with Gasteiger partial charge in [-0.1, -0.05) is 5.16 Å². The molecule has 2 aromatic carbocycles. The van der Waals surface area contributed by atoms with E-state index in [9.17, 15) is 5.21 Å². The molecular weight excluding hydrogens is 390 g/mol. The summed E-state index contributed by atoms with van der Waals surface area (Å²) in [5, 5.41) is 13.3. The SMILES string of the molecule is ON=C1c2cc(OCCn3cccc3)ccc2-c2ccc(OCCn3cccc3)cc21. The van der Waals surface area contributed by atoms with E-state index in [0.29, 0.717) is 18.9 Å². The Morgan fingerprint density at radius 2 is 1.10 bits per heavy atom. The number of hydrogen-bond acceptors (Lipinski definition) is 4. The maximum absolute atomic E-state index is 9.74. The Bertz CT molecular complexity index is 1100. The van der Waals surface area contributed by atoms with Crippen LogP contribution in [0.4, 0.5) is 0 Å². The number of hydrogen-bond donors (Lipinski definition) is 1. The number of fused-ring (bicyclic) bond motifs is 3. The highest BCUT2D eigenvalue weighted by atomic mass is 16.5. The molecule has 0 fully saturated rings. The van der Waals surface area contributed by atoms with Crippen LogP contribution in [0.15, 0.2) is 90.6 Å². The molecule has 4 aromatic rings. The van der Waals surface area contributed by atoms with E-state index in [2.05, 4.69) is 14.3 Å². The molecule has 1 aliphatic carbocycles. The Hall–Kier alpha value is -3.93. The normalized spacial score (nSPS) is 11.8. The van der Waals surface area contributed by atoms with Gasteiger partial charge in [0, 0.05) is 35.9 Å². The molecule has 1 N–H and O–H groups in total. The molecule has 5 rings (SSSR count). The number of ether oxygens (including phenoxy) is 2. The highest BCUT2D eigenvalue weighted by Gasteiger charge is 2.26. The van der Waals surface area contributed by atoms with Crippen LogP contribution >= 0.6 is 0 Å². The third kappa shape index (κ3) is 3.92. The van der Waals surface area contributed by atoms with Crippen molar-refractivity contribution in [3.63, 3.8) is 0 Å². The summed E-state index contributed by atoms with van der Waals surface area (Å²) in [6.07, 6.45) is 8.05. The Morgan fingerprint density at radius 3 is 1.52 bits per heavy atom. The first-order valence-electron chi connectivity index (χ1n) is 10.3. The second-order valence-electron chi connectivity index (χ2n) is 7.40. The van der Waals surface area contributed by atoms with Crippen LogP contribution in [-0.2, 0) is 13.1 Å². The molecule has 0 atom stereocenters. The molecule has 0 aliphatic heterocycles. The maximum atomic E-state index is 9.74. The predicted molar refractivity (Wildman–Crippen MR) is 119 cm³/mol. The molecule has 2 heterocycles. The standard InChI is InChI=1S/C25H23N3O3/c29-26-25-23-17-19(30-15-13-27-9-1-2-10-27)5-7-21(23)22-8-6-20(18-24(22)25)31-16-14-28-11-3-4-12-28/h1-12,17-18,29H,13-16H2. The summed E-state index contributed by atoms with van der Waals surface area (Å²) in [7, 11) is 0. The summed E-state index contributed by atoms with van der Waals surface area (Å²) >= 11 is 0. The highest BCUT2D eigenvalue weighted by Crippen LogP contribution is 2.40. The second kappa shape index (κ2) is 8.44. The smallest absolute Gasteiger partial charge is 0.120 e. The van der Waals surface area contributed by atoms with Crippen LogP contribution in [0.3, 0.4) is 0 Å². The third-order valence-electron chi connectivity index (χ3n) is 5.45. The quantitative estimate of drug-likeness (QED) is 0.297. The summed E-state index contributed by atoms with van der Waals surface area (Å²) in [6.45, 7) is 2.67. The van der Waals surface area contributed by atoms with Crippen LogP contribution < -0.4 is 9.47 Å². The minimum Gasteiger partial charge on any atom is -0.492 e. The van der Waals surface area contributed by atoms with Gasteiger partial charge >= 0.3 is 0 Å². The minimum atomic E-state index is 0.539. The average Bonchev–Trinajstić information content (AvgIpc) is 3.54. The molecule has 1 aliphatic rings. The zero-order chi connectivity index (χ0) is 21.0. The summed E-state index contributed by atoms with van der Waals surface area (Å²) in [4.78, 5) is 0. The van der Waals surface area contributed by atoms with Gasteiger partial charge in [0.1, 0.15) is 30.4 Å². The van der Waals surface area contributed by atoms with Crippen molar-refractivity contribution in [2.45, 2.75) is 13.1 Å². The predicted octanol–water partition coefficient (Wildman–Crippen LogP) is 4.65. The van der Waals surface area contributed by atoms with Gasteiger partial charge in [0.15, 0.2) is 0 Å². The molecular formula is C25H23N3O3. The van der Waals surface area contributed by atoms with Gasteiger partial charge < -0.3 is 23.8 Å². The Kier molecular flexibility index (Phi) is 5.19. The minimum absolute atomic E-state index is 0.539. The molecule has 0 saturated heterocycles. The lowest BCUT2D eigenvalue weighted by Crippen LogP contribution is -2.07. The van der Waals surface area contributed by atoms with Crippen molar-refractivity contribution in [3.05, 3.63) is 96.6 Å². The number of oxime groups is 1. The zero-order valence-corrected chi connectivity index (χ0v) is 17.0. The van der Waals surface area contributed by atoms with Gasteiger partial charge in [0.2, 0.25) is 0 Å². The van der Waals surface area contributed by atoms with E-state index in [0.717, 1.165) is 46.8 Å². The topological polar surface area (TPSA) is 60.9 Å². The zero-order valence-electron chi connectivity index (χ0n) is 17.0. The summed E-state index contributed by atoms with van der Waals surface area (Å²) in [6, 6.07) is 19.8. The van der Waals surface area contributed by atoms with Crippen LogP contribution in [0.5, 0.6) is 11.5 Å². The summed E-state index contributed by atoms with van der Waals surface area (Å²) in [5.41, 5.74) is 4.32. The van der Waals surface area contributed by atoms with Crippen LogP contribution in [0.2, 0.25) is 0 Å². The van der Waals surface area contributed by atoms with Gasteiger partial charge in [0.05, 0.1) is 13.1 Å². The molecule has 0 spiro atoms. The first kappa shape index (κ1) is 19.1. The lowest BCUT2D eigenvalue weighted by Gasteiger charge is -2.09. The molecule has 0 radical (unpaired) electrons. The number of nitrogens with zero attached hydrogens (tertiary/aromatic N) is 3. The lowest BCUT2D eigenvalue weighted by atomic mass is 10.1. The Labute approximate surface area is 180 Å². The number of rotatable bonds is 8. The molecule has 156 valence electrons. The second-order valence-corrected chi connectivity index (χ2v) is 7.40. The van der Waals surface area contributed by atoms with E-state index >= 15 is 0 Å². The van der Waals surface area contributed by atoms with E-state index in [4.69, 9.17) is 9.47 Å². The van der Waals surface area contributed by atoms with Gasteiger partial charge in [-0.25, -0.2) is 0 Å². The maximum Gasteiger partial charge on any atom is 0.120 e. The largest absolute Gasteiger partial charge is 0.492 e. The van der Waals surface area contributed by atoms with Crippen molar-refractivity contribution in [2.24, 2.45) is 5.16 Å². The van der Waals surface area contributed by atoms with Crippen molar-refractivity contribution in [3.8, 4) is 22.6 Å². The monoisotopic (exact) mass is 413 g/mol. The molecule has 31 heavy (non-hydrogen) atoms. The molecule has 0 saturated carbocycles. The first-order valence-corrected chi connectivity index (χ1v) is 10.3. The molecule has 0 bridgehead atoms. The fourth-order valence-electron chi connectivity index (χ4n) is 3.92. The lowest BCUT2D eigenvalue weighted by molar-refractivity contribution is 0.298. The number of benzene rings is 2. The fraction of sp³-hybridized carbons (Fsp3) is 0.160. The summed E-state index contributed by atoms with van der Waals surface area (Å²) < 4.78 is 16.0. The molecule has 6 nitrogen and oxygen atoms in total. The summed E-state index contributed by atoms with van der Waals surface area (Å²) in [5.74, 6) is 1.51. The molecule has 6 heteroatoms. The van der Waals surface area contributed by atoms with E-state index < -0.39 is 0 Å². The van der Waals surface area contributed by atoms with Crippen LogP contribution in [0, 0.1) is 0 Å². The van der Waals surface area contributed by atoms with Gasteiger partial charge in [-0.15, -0.1) is 0 Å². The third-order valence-corrected chi connectivity index (χ3v) is 5.45. The average molecular weight is 413 g/mol. The Morgan fingerprint density at radius 1 is 0.645 bits per heavy atom. The number of aromatic nitrogens is 2. The molecule has 0 unspecified atom stereocenters. The van der Waals surface area contributed by atoms with Crippen LogP contribution in [0.25, 0.3) is 11.1 Å². The highest BCUT2D eigenvalue weighted by molar-refractivity contribution is 6.24. The molecule has 0 amide bonds. The van der Waals surface area contributed by atoms with Gasteiger partial charge in [-0.05, 0) is 71.8 Å². The van der Waals surface area contributed by atoms with E-state index in [-0.39, 0.29) is 0 Å². The fourth-order valence-corrected chi connectivity index (χ4v) is 3.92.